The minimum absolute atomic E-state index is 0.0822. The molecule has 0 atom stereocenters. The zero-order valence-corrected chi connectivity index (χ0v) is 22.7. The average molecular weight is 560 g/mol. The van der Waals surface area contributed by atoms with Crippen molar-refractivity contribution in [3.63, 3.8) is 0 Å². The van der Waals surface area contributed by atoms with Gasteiger partial charge in [-0.25, -0.2) is 0 Å². The van der Waals surface area contributed by atoms with Crippen molar-refractivity contribution >= 4 is 52.1 Å². The molecule has 0 N–H and O–H groups in total. The van der Waals surface area contributed by atoms with E-state index in [1.165, 1.54) is 11.8 Å². The van der Waals surface area contributed by atoms with Crippen LogP contribution in [0.3, 0.4) is 0 Å². The number of carbonyl (C=O) groups excluding carboxylic acids is 1. The maximum Gasteiger partial charge on any atom is 0.267 e. The molecule has 0 bridgehead atoms. The molecule has 1 aliphatic heterocycles. The summed E-state index contributed by atoms with van der Waals surface area (Å²) in [6.45, 7) is 1.22. The Bertz CT molecular complexity index is 1490. The molecule has 0 aliphatic carbocycles. The third kappa shape index (κ3) is 6.48. The summed E-state index contributed by atoms with van der Waals surface area (Å²) in [5, 5.41) is 1.80. The molecular formula is C31H24Cl2N2O2S. The van der Waals surface area contributed by atoms with E-state index in [0.717, 1.165) is 22.3 Å². The highest BCUT2D eigenvalue weighted by Gasteiger charge is 2.33. The lowest BCUT2D eigenvalue weighted by Crippen LogP contribution is -2.28. The number of carbonyl (C=O) groups is 1. The van der Waals surface area contributed by atoms with Crippen LogP contribution in [0.1, 0.15) is 22.3 Å². The van der Waals surface area contributed by atoms with E-state index in [4.69, 9.17) is 32.9 Å². The summed E-state index contributed by atoms with van der Waals surface area (Å²) in [7, 11) is 0. The fourth-order valence-electron chi connectivity index (χ4n) is 3.94. The lowest BCUT2D eigenvalue weighted by atomic mass is 10.1. The van der Waals surface area contributed by atoms with Crippen LogP contribution in [-0.4, -0.2) is 16.0 Å². The van der Waals surface area contributed by atoms with Crippen LogP contribution in [0.5, 0.6) is 5.75 Å². The van der Waals surface area contributed by atoms with Gasteiger partial charge in [0.25, 0.3) is 5.91 Å². The van der Waals surface area contributed by atoms with E-state index in [-0.39, 0.29) is 12.5 Å². The molecule has 0 spiro atoms. The standard InChI is InChI=1S/C31H24Cl2N2O2S/c32-26-16-15-25(27(33)18-26)21-37-28-14-8-7-13-24(28)17-29-30(36)35(20-23-11-5-2-6-12-23)31(38-29)34-19-22-9-3-1-4-10-22/h1-18H,19-21H2/b29-17-,34-31?. The Kier molecular flexibility index (Phi) is 8.49. The highest BCUT2D eigenvalue weighted by Crippen LogP contribution is 2.36. The second-order valence-corrected chi connectivity index (χ2v) is 10.5. The number of para-hydroxylation sites is 1. The van der Waals surface area contributed by atoms with Gasteiger partial charge in [0.05, 0.1) is 18.0 Å². The van der Waals surface area contributed by atoms with Gasteiger partial charge < -0.3 is 4.74 Å². The van der Waals surface area contributed by atoms with E-state index in [9.17, 15) is 4.79 Å². The van der Waals surface area contributed by atoms with Gasteiger partial charge in [-0.05, 0) is 47.2 Å². The second-order valence-electron chi connectivity index (χ2n) is 8.63. The van der Waals surface area contributed by atoms with Gasteiger partial charge in [0.15, 0.2) is 5.17 Å². The van der Waals surface area contributed by atoms with Gasteiger partial charge >= 0.3 is 0 Å². The number of ether oxygens (including phenoxy) is 1. The van der Waals surface area contributed by atoms with Gasteiger partial charge in [0.1, 0.15) is 12.4 Å². The average Bonchev–Trinajstić information content (AvgIpc) is 3.22. The Labute approximate surface area is 236 Å². The summed E-state index contributed by atoms with van der Waals surface area (Å²) in [6, 6.07) is 32.9. The maximum atomic E-state index is 13.6. The van der Waals surface area contributed by atoms with E-state index in [1.54, 1.807) is 17.0 Å². The van der Waals surface area contributed by atoms with Gasteiger partial charge in [-0.2, -0.15) is 0 Å². The molecule has 0 aromatic heterocycles. The van der Waals surface area contributed by atoms with Crippen molar-refractivity contribution in [3.05, 3.63) is 140 Å². The Hall–Kier alpha value is -3.51. The number of amides is 1. The Morgan fingerprint density at radius 3 is 2.26 bits per heavy atom. The number of benzene rings is 4. The normalized spacial score (nSPS) is 15.4. The van der Waals surface area contributed by atoms with Crippen LogP contribution >= 0.6 is 35.0 Å². The molecule has 38 heavy (non-hydrogen) atoms. The molecule has 190 valence electrons. The molecule has 0 radical (unpaired) electrons. The quantitative estimate of drug-likeness (QED) is 0.204. The van der Waals surface area contributed by atoms with Crippen LogP contribution in [0.25, 0.3) is 6.08 Å². The first-order valence-electron chi connectivity index (χ1n) is 12.1. The molecule has 4 aromatic carbocycles. The predicted molar refractivity (Wildman–Crippen MR) is 157 cm³/mol. The number of nitrogens with zero attached hydrogens (tertiary/aromatic N) is 2. The van der Waals surface area contributed by atoms with E-state index >= 15 is 0 Å². The first-order valence-corrected chi connectivity index (χ1v) is 13.6. The lowest BCUT2D eigenvalue weighted by molar-refractivity contribution is -0.122. The highest BCUT2D eigenvalue weighted by molar-refractivity contribution is 8.18. The van der Waals surface area contributed by atoms with E-state index < -0.39 is 0 Å². The minimum Gasteiger partial charge on any atom is -0.488 e. The fourth-order valence-corrected chi connectivity index (χ4v) is 5.37. The van der Waals surface area contributed by atoms with Crippen LogP contribution in [0.2, 0.25) is 10.0 Å². The summed E-state index contributed by atoms with van der Waals surface area (Å²) in [5.41, 5.74) is 3.76. The van der Waals surface area contributed by atoms with Gasteiger partial charge in [-0.3, -0.25) is 14.7 Å². The molecule has 1 saturated heterocycles. The lowest BCUT2D eigenvalue weighted by Gasteiger charge is -2.15. The predicted octanol–water partition coefficient (Wildman–Crippen LogP) is 8.25. The minimum atomic E-state index is -0.0822. The zero-order valence-electron chi connectivity index (χ0n) is 20.4. The van der Waals surface area contributed by atoms with E-state index in [1.807, 2.05) is 97.1 Å². The molecule has 1 aliphatic rings. The van der Waals surface area contributed by atoms with Crippen LogP contribution in [-0.2, 0) is 24.5 Å². The van der Waals surface area contributed by atoms with Crippen molar-refractivity contribution in [1.29, 1.82) is 0 Å². The van der Waals surface area contributed by atoms with Crippen LogP contribution < -0.4 is 4.74 Å². The fraction of sp³-hybridized carbons (Fsp3) is 0.0968. The van der Waals surface area contributed by atoms with Gasteiger partial charge in [-0.15, -0.1) is 0 Å². The molecular weight excluding hydrogens is 535 g/mol. The van der Waals surface area contributed by atoms with Crippen LogP contribution in [0.4, 0.5) is 0 Å². The SMILES string of the molecule is O=C1/C(=C/c2ccccc2OCc2ccc(Cl)cc2Cl)SC(=NCc2ccccc2)N1Cc1ccccc1. The Balaban J connectivity index is 1.41. The number of hydrogen-bond acceptors (Lipinski definition) is 4. The van der Waals surface area contributed by atoms with Crippen molar-refractivity contribution in [3.8, 4) is 5.75 Å². The van der Waals surface area contributed by atoms with Crippen molar-refractivity contribution in [2.45, 2.75) is 19.7 Å². The number of aliphatic imine (C=N–C) groups is 1. The summed E-state index contributed by atoms with van der Waals surface area (Å²) in [6.07, 6.45) is 1.87. The molecule has 1 amide bonds. The third-order valence-electron chi connectivity index (χ3n) is 5.92. The largest absolute Gasteiger partial charge is 0.488 e. The monoisotopic (exact) mass is 558 g/mol. The number of hydrogen-bond donors (Lipinski definition) is 0. The molecule has 0 saturated carbocycles. The smallest absolute Gasteiger partial charge is 0.267 e. The Morgan fingerprint density at radius 2 is 1.53 bits per heavy atom. The topological polar surface area (TPSA) is 41.9 Å². The summed E-state index contributed by atoms with van der Waals surface area (Å²) in [4.78, 5) is 20.7. The number of rotatable bonds is 8. The second kappa shape index (κ2) is 12.4. The third-order valence-corrected chi connectivity index (χ3v) is 7.55. The molecule has 1 heterocycles. The first-order chi connectivity index (χ1) is 18.6. The summed E-state index contributed by atoms with van der Waals surface area (Å²) < 4.78 is 6.11. The van der Waals surface area contributed by atoms with Crippen molar-refractivity contribution in [1.82, 2.24) is 4.90 Å². The van der Waals surface area contributed by atoms with Crippen LogP contribution in [0.15, 0.2) is 113 Å². The molecule has 4 aromatic rings. The maximum absolute atomic E-state index is 13.6. The molecule has 4 nitrogen and oxygen atoms in total. The van der Waals surface area contributed by atoms with E-state index in [2.05, 4.69) is 0 Å². The zero-order chi connectivity index (χ0) is 26.3. The molecule has 1 fully saturated rings. The number of halogens is 2. The van der Waals surface area contributed by atoms with Gasteiger partial charge in [-0.1, -0.05) is 108 Å². The molecule has 5 rings (SSSR count). The van der Waals surface area contributed by atoms with Crippen molar-refractivity contribution < 1.29 is 9.53 Å². The van der Waals surface area contributed by atoms with Gasteiger partial charge in [0, 0.05) is 21.2 Å². The van der Waals surface area contributed by atoms with Crippen molar-refractivity contribution in [2.24, 2.45) is 4.99 Å². The summed E-state index contributed by atoms with van der Waals surface area (Å²) >= 11 is 13.7. The highest BCUT2D eigenvalue weighted by atomic mass is 35.5. The Morgan fingerprint density at radius 1 is 0.842 bits per heavy atom. The van der Waals surface area contributed by atoms with Crippen molar-refractivity contribution in [2.75, 3.05) is 0 Å². The molecule has 0 unspecified atom stereocenters. The number of amidine groups is 1. The summed E-state index contributed by atoms with van der Waals surface area (Å²) in [5.74, 6) is 0.574. The first kappa shape index (κ1) is 26.1. The van der Waals surface area contributed by atoms with E-state index in [0.29, 0.717) is 39.0 Å². The van der Waals surface area contributed by atoms with Gasteiger partial charge in [0.2, 0.25) is 0 Å². The molecule has 7 heteroatoms. The number of thioether (sulfide) groups is 1. The van der Waals surface area contributed by atoms with Crippen LogP contribution in [0, 0.1) is 0 Å².